The van der Waals surface area contributed by atoms with Crippen molar-refractivity contribution in [2.24, 2.45) is 11.3 Å². The number of carbonyl (C=O) groups is 1. The lowest BCUT2D eigenvalue weighted by molar-refractivity contribution is -0.0353. The molecule has 0 saturated carbocycles. The van der Waals surface area contributed by atoms with E-state index in [4.69, 9.17) is 0 Å². The standard InChI is InChI=1S/C29H37FN2O2/c1-4-5-19-6-8-20(9-7-19)23-16-22-10-13-29(2,3)27(24(22)17-25(23)30)32(28(33)34)26-18-31-14-11-21(26)12-15-31/h6-9,16-17,21,26-27H,4-5,10-15,18H2,1-3H3,(H,33,34)/t26-,27+/m1/s1. The Morgan fingerprint density at radius 1 is 1.18 bits per heavy atom. The van der Waals surface area contributed by atoms with Crippen molar-refractivity contribution < 1.29 is 14.3 Å². The molecule has 3 fully saturated rings. The topological polar surface area (TPSA) is 43.8 Å². The molecule has 5 heteroatoms. The fourth-order valence-electron chi connectivity index (χ4n) is 6.70. The number of hydrogen-bond acceptors (Lipinski definition) is 2. The Balaban J connectivity index is 1.54. The smallest absolute Gasteiger partial charge is 0.408 e. The summed E-state index contributed by atoms with van der Waals surface area (Å²) in [5, 5.41) is 10.4. The van der Waals surface area contributed by atoms with Crippen molar-refractivity contribution in [3.63, 3.8) is 0 Å². The van der Waals surface area contributed by atoms with Gasteiger partial charge in [0.15, 0.2) is 0 Å². The van der Waals surface area contributed by atoms with Crippen LogP contribution >= 0.6 is 0 Å². The van der Waals surface area contributed by atoms with Crippen LogP contribution in [0.2, 0.25) is 0 Å². The molecule has 3 saturated heterocycles. The van der Waals surface area contributed by atoms with Gasteiger partial charge in [-0.3, -0.25) is 4.90 Å². The van der Waals surface area contributed by atoms with Crippen molar-refractivity contribution in [3.8, 4) is 11.1 Å². The molecule has 2 aromatic rings. The van der Waals surface area contributed by atoms with Gasteiger partial charge in [-0.1, -0.05) is 51.5 Å². The van der Waals surface area contributed by atoms with Gasteiger partial charge in [-0.15, -0.1) is 0 Å². The van der Waals surface area contributed by atoms with Crippen LogP contribution in [0.5, 0.6) is 0 Å². The number of carboxylic acid groups (broad SMARTS) is 1. The van der Waals surface area contributed by atoms with Crippen LogP contribution in [0.4, 0.5) is 9.18 Å². The molecule has 4 aliphatic rings. The molecule has 2 aromatic carbocycles. The number of rotatable bonds is 5. The Labute approximate surface area is 202 Å². The Hall–Kier alpha value is -2.40. The van der Waals surface area contributed by atoms with E-state index in [1.807, 2.05) is 18.2 Å². The minimum atomic E-state index is -0.874. The molecule has 3 aliphatic heterocycles. The quantitative estimate of drug-likeness (QED) is 0.547. The number of aryl methyl sites for hydroxylation is 2. The van der Waals surface area contributed by atoms with Crippen molar-refractivity contribution in [2.75, 3.05) is 19.6 Å². The van der Waals surface area contributed by atoms with E-state index in [1.54, 1.807) is 11.0 Å². The molecule has 2 atom stereocenters. The summed E-state index contributed by atoms with van der Waals surface area (Å²) in [7, 11) is 0. The summed E-state index contributed by atoms with van der Waals surface area (Å²) >= 11 is 0. The van der Waals surface area contributed by atoms with Gasteiger partial charge < -0.3 is 10.0 Å². The van der Waals surface area contributed by atoms with Crippen LogP contribution < -0.4 is 0 Å². The Morgan fingerprint density at radius 2 is 1.88 bits per heavy atom. The van der Waals surface area contributed by atoms with E-state index in [9.17, 15) is 9.90 Å². The van der Waals surface area contributed by atoms with Crippen LogP contribution in [0.3, 0.4) is 0 Å². The SMILES string of the molecule is CCCc1ccc(-c2cc3c(cc2F)[C@H](N(C(=O)O)[C@@H]2CN4CCC2CC4)C(C)(C)CC3)cc1. The van der Waals surface area contributed by atoms with E-state index in [1.165, 1.54) is 5.56 Å². The first kappa shape index (κ1) is 23.3. The van der Waals surface area contributed by atoms with Gasteiger partial charge in [0, 0.05) is 12.1 Å². The van der Waals surface area contributed by atoms with Crippen molar-refractivity contribution >= 4 is 6.09 Å². The molecule has 4 nitrogen and oxygen atoms in total. The van der Waals surface area contributed by atoms with E-state index in [-0.39, 0.29) is 23.3 Å². The Morgan fingerprint density at radius 3 is 2.47 bits per heavy atom. The van der Waals surface area contributed by atoms with Gasteiger partial charge in [0.25, 0.3) is 0 Å². The van der Waals surface area contributed by atoms with Crippen molar-refractivity contribution in [2.45, 2.75) is 71.4 Å². The van der Waals surface area contributed by atoms with Crippen LogP contribution in [0, 0.1) is 17.2 Å². The Kier molecular flexibility index (Phi) is 6.18. The summed E-state index contributed by atoms with van der Waals surface area (Å²) in [5.74, 6) is 0.136. The minimum absolute atomic E-state index is 0.0240. The normalized spacial score (nSPS) is 27.3. The van der Waals surface area contributed by atoms with Gasteiger partial charge in [0.05, 0.1) is 12.1 Å². The number of piperidine rings is 3. The number of hydrogen-bond donors (Lipinski definition) is 1. The lowest BCUT2D eigenvalue weighted by Gasteiger charge is -2.54. The number of benzene rings is 2. The third-order valence-corrected chi connectivity index (χ3v) is 8.58. The summed E-state index contributed by atoms with van der Waals surface area (Å²) in [6.45, 7) is 9.38. The maximum absolute atomic E-state index is 15.6. The second-order valence-corrected chi connectivity index (χ2v) is 11.3. The molecular formula is C29H37FN2O2. The zero-order valence-electron chi connectivity index (χ0n) is 20.7. The van der Waals surface area contributed by atoms with Crippen LogP contribution in [0.1, 0.15) is 69.2 Å². The highest BCUT2D eigenvalue weighted by Crippen LogP contribution is 2.50. The van der Waals surface area contributed by atoms with Crippen molar-refractivity contribution in [3.05, 3.63) is 58.9 Å². The summed E-state index contributed by atoms with van der Waals surface area (Å²) in [5.41, 5.74) is 4.46. The maximum Gasteiger partial charge on any atom is 0.408 e. The largest absolute Gasteiger partial charge is 0.465 e. The molecule has 6 rings (SSSR count). The Bertz CT molecular complexity index is 1060. The zero-order chi connectivity index (χ0) is 24.0. The van der Waals surface area contributed by atoms with Crippen molar-refractivity contribution in [1.29, 1.82) is 0 Å². The first-order valence-electron chi connectivity index (χ1n) is 12.9. The fraction of sp³-hybridized carbons (Fsp3) is 0.552. The van der Waals surface area contributed by atoms with Gasteiger partial charge in [-0.25, -0.2) is 9.18 Å². The predicted molar refractivity (Wildman–Crippen MR) is 133 cm³/mol. The van der Waals surface area contributed by atoms with Crippen LogP contribution in [-0.4, -0.2) is 46.7 Å². The molecule has 1 amide bonds. The monoisotopic (exact) mass is 464 g/mol. The molecule has 3 heterocycles. The average molecular weight is 465 g/mol. The zero-order valence-corrected chi connectivity index (χ0v) is 20.7. The number of amides is 1. The summed E-state index contributed by atoms with van der Waals surface area (Å²) in [6.07, 6.45) is 5.06. The molecular weight excluding hydrogens is 427 g/mol. The molecule has 34 heavy (non-hydrogen) atoms. The first-order chi connectivity index (χ1) is 16.3. The average Bonchev–Trinajstić information content (AvgIpc) is 2.82. The molecule has 0 spiro atoms. The van der Waals surface area contributed by atoms with Gasteiger partial charge in [-0.05, 0) is 90.9 Å². The molecule has 182 valence electrons. The van der Waals surface area contributed by atoms with E-state index < -0.39 is 6.09 Å². The van der Waals surface area contributed by atoms with Gasteiger partial charge >= 0.3 is 6.09 Å². The second kappa shape index (κ2) is 8.99. The lowest BCUT2D eigenvalue weighted by Crippen LogP contribution is -2.61. The first-order valence-corrected chi connectivity index (χ1v) is 12.9. The highest BCUT2D eigenvalue weighted by Gasteiger charge is 2.48. The van der Waals surface area contributed by atoms with Crippen LogP contribution in [0.25, 0.3) is 11.1 Å². The fourth-order valence-corrected chi connectivity index (χ4v) is 6.70. The summed E-state index contributed by atoms with van der Waals surface area (Å²) in [6, 6.07) is 11.5. The summed E-state index contributed by atoms with van der Waals surface area (Å²) < 4.78 is 15.6. The molecule has 1 aliphatic carbocycles. The molecule has 0 radical (unpaired) electrons. The highest BCUT2D eigenvalue weighted by molar-refractivity contribution is 5.69. The van der Waals surface area contributed by atoms with Gasteiger partial charge in [-0.2, -0.15) is 0 Å². The van der Waals surface area contributed by atoms with Crippen molar-refractivity contribution in [1.82, 2.24) is 9.80 Å². The lowest BCUT2D eigenvalue weighted by atomic mass is 9.68. The summed E-state index contributed by atoms with van der Waals surface area (Å²) in [4.78, 5) is 16.9. The molecule has 0 aromatic heterocycles. The van der Waals surface area contributed by atoms with Gasteiger partial charge in [0.2, 0.25) is 0 Å². The molecule has 0 unspecified atom stereocenters. The third kappa shape index (κ3) is 4.13. The van der Waals surface area contributed by atoms with E-state index in [0.29, 0.717) is 11.5 Å². The number of fused-ring (bicyclic) bond motifs is 4. The predicted octanol–water partition coefficient (Wildman–Crippen LogP) is 6.53. The maximum atomic E-state index is 15.6. The molecule has 2 bridgehead atoms. The second-order valence-electron chi connectivity index (χ2n) is 11.3. The molecule has 1 N–H and O–H groups in total. The van der Waals surface area contributed by atoms with Gasteiger partial charge in [0.1, 0.15) is 5.82 Å². The van der Waals surface area contributed by atoms with Crippen LogP contribution in [-0.2, 0) is 12.8 Å². The third-order valence-electron chi connectivity index (χ3n) is 8.58. The number of nitrogens with zero attached hydrogens (tertiary/aromatic N) is 2. The van der Waals surface area contributed by atoms with E-state index in [0.717, 1.165) is 74.8 Å². The number of halogens is 1. The van der Waals surface area contributed by atoms with E-state index in [2.05, 4.69) is 37.8 Å². The minimum Gasteiger partial charge on any atom is -0.465 e. The van der Waals surface area contributed by atoms with E-state index >= 15 is 4.39 Å². The highest BCUT2D eigenvalue weighted by atomic mass is 19.1. The van der Waals surface area contributed by atoms with Crippen LogP contribution in [0.15, 0.2) is 36.4 Å².